The van der Waals surface area contributed by atoms with E-state index >= 15 is 0 Å². The molecule has 5 N–H and O–H groups in total. The minimum atomic E-state index is -3.10. The van der Waals surface area contributed by atoms with Gasteiger partial charge < -0.3 is 55.1 Å². The lowest BCUT2D eigenvalue weighted by molar-refractivity contribution is -0.139. The first-order valence-electron chi connectivity index (χ1n) is 31.2. The third-order valence-electron chi connectivity index (χ3n) is 16.0. The van der Waals surface area contributed by atoms with Crippen molar-refractivity contribution in [1.82, 2.24) is 60.6 Å². The van der Waals surface area contributed by atoms with E-state index in [4.69, 9.17) is 25.4 Å². The Hall–Kier alpha value is -7.21. The predicted molar refractivity (Wildman–Crippen MR) is 343 cm³/mol. The number of nitrogens with zero attached hydrogens (tertiary/aromatic N) is 8. The van der Waals surface area contributed by atoms with Crippen LogP contribution in [-0.2, 0) is 59.0 Å². The molecule has 3 aliphatic rings. The SMILES string of the molecule is C#C[C@H]1CC(F)(F)CN1C(=O)CNC(=O)c1ccnc2ccc(OCCCN3CCN(C(=O)CCCCCNC(=O)C(CCOCCNC(=O)CCCc4ccc(I)cc4)NC(=O)CN4CCN(COC=O)CCN(COC=O)CCN(CC(=O)O)CC4)CC3)cc12. The zero-order valence-corrected chi connectivity index (χ0v) is 54.2. The quantitative estimate of drug-likeness (QED) is 0.0239. The van der Waals surface area contributed by atoms with Crippen molar-refractivity contribution in [2.75, 3.05) is 158 Å². The number of rotatable bonds is 36. The van der Waals surface area contributed by atoms with E-state index in [1.165, 1.54) is 12.3 Å². The number of aliphatic carboxylic acids is 1. The minimum absolute atomic E-state index is 0.0100. The van der Waals surface area contributed by atoms with Crippen LogP contribution in [0.1, 0.15) is 73.7 Å². The molecule has 0 saturated carbocycles. The number of fused-ring (bicyclic) bond motifs is 1. The summed E-state index contributed by atoms with van der Waals surface area (Å²) in [7, 11) is 0. The first-order chi connectivity index (χ1) is 44.4. The number of benzene rings is 2. The summed E-state index contributed by atoms with van der Waals surface area (Å²) in [6, 6.07) is 12.8. The molecule has 1 aromatic heterocycles. The molecule has 2 atom stereocenters. The Morgan fingerprint density at radius 3 is 2.04 bits per heavy atom. The van der Waals surface area contributed by atoms with Gasteiger partial charge >= 0.3 is 5.97 Å². The molecule has 0 radical (unpaired) electrons. The standard InChI is InChI=1S/C63H87F2IN12O14/c1-2-50-39-63(64,65)43-78(50)59(84)40-70-61(87)52-17-20-67-54-16-15-51(38-53(52)54)92-35-7-22-72-31-33-77(34-32-72)58(83)10-4-3-5-19-69-62(88)55(18-36-89-37-21-68-56(81)9-6-8-48-11-13-49(66)14-12-48)71-57(82)41-73-23-24-74(42-60(85)86)26-28-76(45-91-47-80)30-29-75(27-25-73)44-90-46-79/h1,11-17,20,38,46-47,50,55H,3-10,18-19,21-37,39-45H2,(H,68,81)(H,69,88)(H,70,87)(H,71,82)(H,85,86)/t50-,55?/m0/s1. The summed E-state index contributed by atoms with van der Waals surface area (Å²) < 4.78 is 51.0. The van der Waals surface area contributed by atoms with E-state index in [1.807, 2.05) is 31.7 Å². The molecule has 0 aliphatic carbocycles. The average molecular weight is 1400 g/mol. The maximum Gasteiger partial charge on any atom is 0.317 e. The molecule has 504 valence electrons. The van der Waals surface area contributed by atoms with E-state index in [-0.39, 0.29) is 83.2 Å². The lowest BCUT2D eigenvalue weighted by Gasteiger charge is -2.34. The van der Waals surface area contributed by atoms with Crippen LogP contribution < -0.4 is 26.0 Å². The molecule has 1 unspecified atom stereocenters. The highest BCUT2D eigenvalue weighted by atomic mass is 127. The highest BCUT2D eigenvalue weighted by Gasteiger charge is 2.46. The number of alkyl halides is 2. The van der Waals surface area contributed by atoms with Gasteiger partial charge in [0.1, 0.15) is 25.3 Å². The number of amides is 6. The number of terminal acetylenes is 1. The van der Waals surface area contributed by atoms with E-state index in [0.29, 0.717) is 153 Å². The molecule has 0 bridgehead atoms. The second kappa shape index (κ2) is 40.0. The summed E-state index contributed by atoms with van der Waals surface area (Å²) >= 11 is 2.25. The van der Waals surface area contributed by atoms with Crippen LogP contribution >= 0.6 is 22.6 Å². The first kappa shape index (κ1) is 73.8. The van der Waals surface area contributed by atoms with Gasteiger partial charge in [0.25, 0.3) is 24.8 Å². The largest absolute Gasteiger partial charge is 0.494 e. The summed E-state index contributed by atoms with van der Waals surface area (Å²) in [5.41, 5.74) is 1.92. The molecule has 3 fully saturated rings. The van der Waals surface area contributed by atoms with Gasteiger partial charge in [0.05, 0.1) is 56.5 Å². The third-order valence-corrected chi connectivity index (χ3v) is 16.7. The summed E-state index contributed by atoms with van der Waals surface area (Å²) in [4.78, 5) is 130. The second-order valence-corrected chi connectivity index (χ2v) is 24.1. The van der Waals surface area contributed by atoms with Crippen molar-refractivity contribution in [2.24, 2.45) is 0 Å². The molecule has 6 rings (SSSR count). The fraction of sp³-hybridized carbons (Fsp3) is 0.587. The number of piperazine rings is 1. The number of aromatic nitrogens is 1. The zero-order chi connectivity index (χ0) is 66.1. The van der Waals surface area contributed by atoms with Gasteiger partial charge in [-0.3, -0.25) is 72.6 Å². The van der Waals surface area contributed by atoms with Gasteiger partial charge in [-0.1, -0.05) is 24.5 Å². The molecule has 3 saturated heterocycles. The fourth-order valence-electron chi connectivity index (χ4n) is 10.8. The van der Waals surface area contributed by atoms with Gasteiger partial charge in [-0.2, -0.15) is 0 Å². The number of pyridine rings is 1. The number of likely N-dealkylation sites (tertiary alicyclic amines) is 1. The van der Waals surface area contributed by atoms with E-state index in [0.717, 1.165) is 27.0 Å². The van der Waals surface area contributed by atoms with Gasteiger partial charge in [0.2, 0.25) is 29.5 Å². The molecule has 26 nitrogen and oxygen atoms in total. The highest BCUT2D eigenvalue weighted by Crippen LogP contribution is 2.32. The van der Waals surface area contributed by atoms with Crippen LogP contribution in [0.5, 0.6) is 5.75 Å². The maximum absolute atomic E-state index is 14.0. The number of unbranched alkanes of at least 4 members (excludes halogenated alkanes) is 2. The number of carboxylic acids is 1. The van der Waals surface area contributed by atoms with Crippen molar-refractivity contribution < 1.29 is 76.0 Å². The molecular formula is C63H87F2IN12O14. The number of nitrogens with one attached hydrogen (secondary N) is 4. The molecular weight excluding hydrogens is 1310 g/mol. The molecule has 29 heteroatoms. The van der Waals surface area contributed by atoms with Crippen molar-refractivity contribution in [3.8, 4) is 18.1 Å². The number of hydrogen-bond acceptors (Lipinski definition) is 19. The lowest BCUT2D eigenvalue weighted by Crippen LogP contribution is -2.52. The number of carbonyl (C=O) groups excluding carboxylic acids is 8. The van der Waals surface area contributed by atoms with Crippen LogP contribution in [-0.4, -0.2) is 274 Å². The molecule has 6 amide bonds. The Kier molecular flexibility index (Phi) is 32.1. The van der Waals surface area contributed by atoms with Crippen LogP contribution in [0.25, 0.3) is 10.9 Å². The normalized spacial score (nSPS) is 17.5. The zero-order valence-electron chi connectivity index (χ0n) is 52.1. The maximum atomic E-state index is 14.0. The van der Waals surface area contributed by atoms with Crippen molar-refractivity contribution in [2.45, 2.75) is 82.2 Å². The monoisotopic (exact) mass is 1400 g/mol. The Bertz CT molecular complexity index is 2920. The summed E-state index contributed by atoms with van der Waals surface area (Å²) in [5.74, 6) is -3.59. The van der Waals surface area contributed by atoms with Crippen LogP contribution in [0.3, 0.4) is 0 Å². The number of carboxylic acid groups (broad SMARTS) is 1. The molecule has 4 heterocycles. The van der Waals surface area contributed by atoms with Crippen LogP contribution in [0.2, 0.25) is 0 Å². The molecule has 92 heavy (non-hydrogen) atoms. The van der Waals surface area contributed by atoms with Crippen LogP contribution in [0.4, 0.5) is 8.78 Å². The summed E-state index contributed by atoms with van der Waals surface area (Å²) in [5, 5.41) is 21.4. The van der Waals surface area contributed by atoms with Crippen molar-refractivity contribution in [3.05, 3.63) is 69.4 Å². The van der Waals surface area contributed by atoms with Gasteiger partial charge in [-0.05, 0) is 103 Å². The average Bonchev–Trinajstić information content (AvgIpc) is 1.32. The van der Waals surface area contributed by atoms with Crippen molar-refractivity contribution in [1.29, 1.82) is 0 Å². The van der Waals surface area contributed by atoms with Crippen LogP contribution in [0.15, 0.2) is 54.7 Å². The Labute approximate surface area is 549 Å². The van der Waals surface area contributed by atoms with Crippen molar-refractivity contribution >= 4 is 87.9 Å². The lowest BCUT2D eigenvalue weighted by atomic mass is 10.1. The van der Waals surface area contributed by atoms with E-state index in [2.05, 4.69) is 71.8 Å². The smallest absolute Gasteiger partial charge is 0.317 e. The van der Waals surface area contributed by atoms with Crippen molar-refractivity contribution in [3.63, 3.8) is 0 Å². The number of halogens is 3. The Morgan fingerprint density at radius 1 is 0.717 bits per heavy atom. The van der Waals surface area contributed by atoms with Crippen LogP contribution in [0, 0.1) is 15.9 Å². The molecule has 0 spiro atoms. The fourth-order valence-corrected chi connectivity index (χ4v) is 11.2. The van der Waals surface area contributed by atoms with Gasteiger partial charge in [-0.25, -0.2) is 8.78 Å². The first-order valence-corrected chi connectivity index (χ1v) is 32.3. The number of aryl methyl sites for hydroxylation is 1. The highest BCUT2D eigenvalue weighted by molar-refractivity contribution is 14.1. The molecule has 2 aromatic carbocycles. The number of carbonyl (C=O) groups is 9. The predicted octanol–water partition coefficient (Wildman–Crippen LogP) is 1.63. The number of ether oxygens (including phenoxy) is 4. The van der Waals surface area contributed by atoms with E-state index in [1.54, 1.807) is 23.1 Å². The third kappa shape index (κ3) is 26.8. The second-order valence-electron chi connectivity index (χ2n) is 22.8. The Morgan fingerprint density at radius 2 is 1.38 bits per heavy atom. The minimum Gasteiger partial charge on any atom is -0.494 e. The topological polar surface area (TPSA) is 294 Å². The van der Waals surface area contributed by atoms with Gasteiger partial charge in [-0.15, -0.1) is 6.42 Å². The van der Waals surface area contributed by atoms with E-state index < -0.39 is 67.1 Å². The van der Waals surface area contributed by atoms with Gasteiger partial charge in [0, 0.05) is 139 Å². The van der Waals surface area contributed by atoms with E-state index in [9.17, 15) is 57.0 Å². The Balaban J connectivity index is 0.916. The summed E-state index contributed by atoms with van der Waals surface area (Å²) in [6.45, 7) is 6.16. The molecule has 3 aromatic rings. The summed E-state index contributed by atoms with van der Waals surface area (Å²) in [6.07, 6.45) is 11.1. The van der Waals surface area contributed by atoms with Gasteiger partial charge in [0.15, 0.2) is 0 Å². The number of hydrogen-bond donors (Lipinski definition) is 5. The molecule has 3 aliphatic heterocycles.